The van der Waals surface area contributed by atoms with Gasteiger partial charge >= 0.3 is 6.18 Å². The SMILES string of the molecule is Cc1ccc(Cc2nnn(C[C@@H](O)C(F)(F)F)n2)cc1. The molecule has 1 aromatic carbocycles. The van der Waals surface area contributed by atoms with Crippen LogP contribution in [-0.4, -0.2) is 37.6 Å². The summed E-state index contributed by atoms with van der Waals surface area (Å²) in [5.41, 5.74) is 2.05. The van der Waals surface area contributed by atoms with Gasteiger partial charge in [0.15, 0.2) is 11.9 Å². The fourth-order valence-electron chi connectivity index (χ4n) is 1.57. The highest BCUT2D eigenvalue weighted by atomic mass is 19.4. The van der Waals surface area contributed by atoms with Crippen LogP contribution in [0.3, 0.4) is 0 Å². The lowest BCUT2D eigenvalue weighted by Crippen LogP contribution is -2.33. The second kappa shape index (κ2) is 5.58. The van der Waals surface area contributed by atoms with Crippen molar-refractivity contribution in [2.24, 2.45) is 0 Å². The number of rotatable bonds is 4. The van der Waals surface area contributed by atoms with Crippen LogP contribution < -0.4 is 0 Å². The molecule has 5 nitrogen and oxygen atoms in total. The molecule has 0 aliphatic carbocycles. The maximum Gasteiger partial charge on any atom is 0.416 e. The summed E-state index contributed by atoms with van der Waals surface area (Å²) in [7, 11) is 0. The van der Waals surface area contributed by atoms with Crippen LogP contribution in [0.5, 0.6) is 0 Å². The molecule has 0 spiro atoms. The van der Waals surface area contributed by atoms with Crippen molar-refractivity contribution in [3.63, 3.8) is 0 Å². The second-order valence-corrected chi connectivity index (χ2v) is 4.48. The molecule has 0 bridgehead atoms. The van der Waals surface area contributed by atoms with Crippen LogP contribution in [-0.2, 0) is 13.0 Å². The van der Waals surface area contributed by atoms with Gasteiger partial charge in [0.05, 0.1) is 6.54 Å². The number of aromatic nitrogens is 4. The summed E-state index contributed by atoms with van der Waals surface area (Å²) in [4.78, 5) is 0.752. The third kappa shape index (κ3) is 3.77. The van der Waals surface area contributed by atoms with E-state index in [1.54, 1.807) is 0 Å². The standard InChI is InChI=1S/C12H13F3N4O/c1-8-2-4-9(5-3-8)6-11-16-18-19(17-11)7-10(20)12(13,14)15/h2-5,10,20H,6-7H2,1H3/t10-/m1/s1. The monoisotopic (exact) mass is 286 g/mol. The van der Waals surface area contributed by atoms with Gasteiger partial charge in [-0.1, -0.05) is 29.8 Å². The molecular weight excluding hydrogens is 273 g/mol. The number of halogens is 3. The molecule has 0 radical (unpaired) electrons. The molecule has 0 unspecified atom stereocenters. The Kier molecular flexibility index (Phi) is 4.03. The van der Waals surface area contributed by atoms with Crippen LogP contribution in [0.1, 0.15) is 17.0 Å². The molecule has 2 aromatic rings. The smallest absolute Gasteiger partial charge is 0.382 e. The van der Waals surface area contributed by atoms with Crippen LogP contribution >= 0.6 is 0 Å². The van der Waals surface area contributed by atoms with Crippen molar-refractivity contribution >= 4 is 0 Å². The largest absolute Gasteiger partial charge is 0.416 e. The molecule has 0 saturated heterocycles. The van der Waals surface area contributed by atoms with Gasteiger partial charge in [-0.05, 0) is 17.7 Å². The normalized spacial score (nSPS) is 13.4. The summed E-state index contributed by atoms with van der Waals surface area (Å²) in [6, 6.07) is 7.63. The molecule has 20 heavy (non-hydrogen) atoms. The van der Waals surface area contributed by atoms with E-state index >= 15 is 0 Å². The summed E-state index contributed by atoms with van der Waals surface area (Å²) in [6.45, 7) is 1.20. The molecule has 1 heterocycles. The van der Waals surface area contributed by atoms with Crippen molar-refractivity contribution in [3.05, 3.63) is 41.2 Å². The third-order valence-electron chi connectivity index (χ3n) is 2.69. The quantitative estimate of drug-likeness (QED) is 0.925. The van der Waals surface area contributed by atoms with Gasteiger partial charge in [-0.2, -0.15) is 18.0 Å². The number of alkyl halides is 3. The topological polar surface area (TPSA) is 63.8 Å². The van der Waals surface area contributed by atoms with E-state index in [1.165, 1.54) is 0 Å². The second-order valence-electron chi connectivity index (χ2n) is 4.48. The fourth-order valence-corrected chi connectivity index (χ4v) is 1.57. The van der Waals surface area contributed by atoms with Crippen LogP contribution in [0.25, 0.3) is 0 Å². The third-order valence-corrected chi connectivity index (χ3v) is 2.69. The van der Waals surface area contributed by atoms with Crippen LogP contribution in [0.15, 0.2) is 24.3 Å². The minimum atomic E-state index is -4.69. The average Bonchev–Trinajstić information content (AvgIpc) is 2.78. The highest BCUT2D eigenvalue weighted by Gasteiger charge is 2.38. The zero-order valence-electron chi connectivity index (χ0n) is 10.7. The maximum atomic E-state index is 12.2. The van der Waals surface area contributed by atoms with Gasteiger partial charge in [-0.25, -0.2) is 0 Å². The number of nitrogens with zero attached hydrogens (tertiary/aromatic N) is 4. The minimum absolute atomic E-state index is 0.309. The molecule has 0 saturated carbocycles. The van der Waals surface area contributed by atoms with Gasteiger partial charge < -0.3 is 5.11 Å². The van der Waals surface area contributed by atoms with Gasteiger partial charge in [0.2, 0.25) is 0 Å². The first-order chi connectivity index (χ1) is 9.34. The zero-order chi connectivity index (χ0) is 14.8. The summed E-state index contributed by atoms with van der Waals surface area (Å²) in [5, 5.41) is 19.9. The predicted molar refractivity (Wildman–Crippen MR) is 63.9 cm³/mol. The van der Waals surface area contributed by atoms with Crippen molar-refractivity contribution < 1.29 is 18.3 Å². The molecule has 0 amide bonds. The molecule has 108 valence electrons. The minimum Gasteiger partial charge on any atom is -0.382 e. The number of benzene rings is 1. The lowest BCUT2D eigenvalue weighted by Gasteiger charge is -2.12. The Morgan fingerprint density at radius 2 is 1.90 bits per heavy atom. The summed E-state index contributed by atoms with van der Waals surface area (Å²) < 4.78 is 36.6. The predicted octanol–water partition coefficient (Wildman–Crippen LogP) is 1.50. The van der Waals surface area contributed by atoms with E-state index in [1.807, 2.05) is 31.2 Å². The number of tetrazole rings is 1. The maximum absolute atomic E-state index is 12.2. The highest BCUT2D eigenvalue weighted by molar-refractivity contribution is 5.23. The molecular formula is C12H13F3N4O. The Labute approximate surface area is 113 Å². The van der Waals surface area contributed by atoms with Gasteiger partial charge in [0, 0.05) is 6.42 Å². The van der Waals surface area contributed by atoms with E-state index in [0.717, 1.165) is 15.9 Å². The molecule has 8 heteroatoms. The Bertz CT molecular complexity index is 565. The number of hydrogen-bond donors (Lipinski definition) is 1. The molecule has 1 N–H and O–H groups in total. The van der Waals surface area contributed by atoms with Gasteiger partial charge in [0.1, 0.15) is 0 Å². The van der Waals surface area contributed by atoms with Gasteiger partial charge in [-0.3, -0.25) is 0 Å². The number of aryl methyl sites for hydroxylation is 1. The lowest BCUT2D eigenvalue weighted by atomic mass is 10.1. The first-order valence-electron chi connectivity index (χ1n) is 5.91. The van der Waals surface area contributed by atoms with Crippen LogP contribution in [0.2, 0.25) is 0 Å². The van der Waals surface area contributed by atoms with E-state index in [9.17, 15) is 13.2 Å². The van der Waals surface area contributed by atoms with Crippen LogP contribution in [0, 0.1) is 6.92 Å². The van der Waals surface area contributed by atoms with E-state index in [0.29, 0.717) is 12.2 Å². The molecule has 0 aliphatic rings. The van der Waals surface area contributed by atoms with Crippen molar-refractivity contribution in [2.45, 2.75) is 32.2 Å². The van der Waals surface area contributed by atoms with Crippen LogP contribution in [0.4, 0.5) is 13.2 Å². The Morgan fingerprint density at radius 1 is 1.25 bits per heavy atom. The molecule has 1 atom stereocenters. The van der Waals surface area contributed by atoms with E-state index in [2.05, 4.69) is 15.4 Å². The highest BCUT2D eigenvalue weighted by Crippen LogP contribution is 2.20. The number of aliphatic hydroxyl groups excluding tert-OH is 1. The van der Waals surface area contributed by atoms with E-state index in [4.69, 9.17) is 5.11 Å². The fraction of sp³-hybridized carbons (Fsp3) is 0.417. The molecule has 0 aliphatic heterocycles. The summed E-state index contributed by atoms with van der Waals surface area (Å²) >= 11 is 0. The summed E-state index contributed by atoms with van der Waals surface area (Å²) in [6.07, 6.45) is -6.81. The van der Waals surface area contributed by atoms with Crippen molar-refractivity contribution in [2.75, 3.05) is 0 Å². The van der Waals surface area contributed by atoms with Crippen molar-refractivity contribution in [1.82, 2.24) is 20.2 Å². The summed E-state index contributed by atoms with van der Waals surface area (Å²) in [5.74, 6) is 0.309. The van der Waals surface area contributed by atoms with Crippen molar-refractivity contribution in [3.8, 4) is 0 Å². The number of aliphatic hydroxyl groups is 1. The first kappa shape index (κ1) is 14.4. The number of hydrogen-bond acceptors (Lipinski definition) is 4. The lowest BCUT2D eigenvalue weighted by molar-refractivity contribution is -0.208. The van der Waals surface area contributed by atoms with E-state index in [-0.39, 0.29) is 0 Å². The van der Waals surface area contributed by atoms with Gasteiger partial charge in [0.25, 0.3) is 0 Å². The average molecular weight is 286 g/mol. The van der Waals surface area contributed by atoms with Gasteiger partial charge in [-0.15, -0.1) is 10.2 Å². The Balaban J connectivity index is 2.00. The first-order valence-corrected chi connectivity index (χ1v) is 5.91. The zero-order valence-corrected chi connectivity index (χ0v) is 10.7. The van der Waals surface area contributed by atoms with Crippen molar-refractivity contribution in [1.29, 1.82) is 0 Å². The Hall–Kier alpha value is -1.96. The molecule has 0 fully saturated rings. The van der Waals surface area contributed by atoms with E-state index < -0.39 is 18.8 Å². The Morgan fingerprint density at radius 3 is 2.50 bits per heavy atom. The molecule has 1 aromatic heterocycles. The molecule has 2 rings (SSSR count).